The average Bonchev–Trinajstić information content (AvgIpc) is 3.13. The monoisotopic (exact) mass is 271 g/mol. The number of nitrogens with zero attached hydrogens (tertiary/aromatic N) is 1. The molecule has 4 unspecified atom stereocenters. The molecule has 3 aliphatic heterocycles. The van der Waals surface area contributed by atoms with Crippen LogP contribution in [-0.2, 0) is 14.3 Å². The van der Waals surface area contributed by atoms with Crippen LogP contribution in [0.25, 0.3) is 0 Å². The highest BCUT2D eigenvalue weighted by Crippen LogP contribution is 2.47. The third kappa shape index (κ3) is 1.30. The van der Waals surface area contributed by atoms with E-state index in [0.717, 1.165) is 0 Å². The Morgan fingerprint density at radius 3 is 2.25 bits per heavy atom. The fourth-order valence-electron chi connectivity index (χ4n) is 3.36. The van der Waals surface area contributed by atoms with Crippen LogP contribution >= 0.6 is 0 Å². The van der Waals surface area contributed by atoms with Crippen LogP contribution in [-0.4, -0.2) is 31.1 Å². The summed E-state index contributed by atoms with van der Waals surface area (Å²) in [6.07, 6.45) is 3.23. The number of ether oxygens (including phenoxy) is 2. The molecule has 0 spiro atoms. The molecule has 102 valence electrons. The Kier molecular flexibility index (Phi) is 2.29. The normalized spacial score (nSPS) is 34.0. The van der Waals surface area contributed by atoms with Crippen LogP contribution in [0.2, 0.25) is 0 Å². The number of amides is 2. The maximum Gasteiger partial charge on any atom is 0.240 e. The minimum atomic E-state index is -0.387. The van der Waals surface area contributed by atoms with E-state index in [1.54, 1.807) is 18.2 Å². The molecular formula is C15H13NO4. The summed E-state index contributed by atoms with van der Waals surface area (Å²) >= 11 is 0. The van der Waals surface area contributed by atoms with Crippen LogP contribution in [0.4, 0.5) is 5.69 Å². The summed E-state index contributed by atoms with van der Waals surface area (Å²) in [5.74, 6) is -0.636. The summed E-state index contributed by atoms with van der Waals surface area (Å²) in [4.78, 5) is 26.4. The van der Waals surface area contributed by atoms with Crippen LogP contribution in [0, 0.1) is 11.8 Å². The highest BCUT2D eigenvalue weighted by atomic mass is 16.5. The first-order valence-corrected chi connectivity index (χ1v) is 6.57. The Hall–Kier alpha value is -2.14. The zero-order chi connectivity index (χ0) is 13.9. The lowest BCUT2D eigenvalue weighted by atomic mass is 9.85. The molecule has 4 atom stereocenters. The Morgan fingerprint density at radius 2 is 1.65 bits per heavy atom. The topological polar surface area (TPSA) is 55.8 Å². The molecule has 1 aromatic rings. The third-order valence-corrected chi connectivity index (χ3v) is 4.24. The van der Waals surface area contributed by atoms with Gasteiger partial charge in [0, 0.05) is 0 Å². The first-order valence-electron chi connectivity index (χ1n) is 6.57. The molecule has 2 saturated heterocycles. The first-order chi connectivity index (χ1) is 9.72. The number of imide groups is 1. The molecule has 4 rings (SSSR count). The summed E-state index contributed by atoms with van der Waals surface area (Å²) < 4.78 is 10.9. The van der Waals surface area contributed by atoms with Gasteiger partial charge in [-0.2, -0.15) is 0 Å². The van der Waals surface area contributed by atoms with Crippen LogP contribution in [0.15, 0.2) is 36.4 Å². The maximum atomic E-state index is 12.6. The Balaban J connectivity index is 1.78. The van der Waals surface area contributed by atoms with Crippen molar-refractivity contribution in [1.82, 2.24) is 0 Å². The van der Waals surface area contributed by atoms with Gasteiger partial charge in [-0.1, -0.05) is 24.3 Å². The zero-order valence-corrected chi connectivity index (χ0v) is 10.9. The van der Waals surface area contributed by atoms with E-state index in [2.05, 4.69) is 0 Å². The fourth-order valence-corrected chi connectivity index (χ4v) is 3.36. The number of benzene rings is 1. The first kappa shape index (κ1) is 11.7. The summed E-state index contributed by atoms with van der Waals surface area (Å²) in [6, 6.07) is 7.07. The van der Waals surface area contributed by atoms with Crippen molar-refractivity contribution in [2.75, 3.05) is 12.0 Å². The minimum absolute atomic E-state index is 0.193. The number of carbonyl (C=O) groups excluding carboxylic acids is 2. The Morgan fingerprint density at radius 1 is 1.05 bits per heavy atom. The van der Waals surface area contributed by atoms with Crippen LogP contribution in [0.1, 0.15) is 0 Å². The van der Waals surface area contributed by atoms with Gasteiger partial charge in [-0.25, -0.2) is 4.90 Å². The standard InChI is InChI=1S/C15H13NO4/c1-19-9-5-3-2-4-8(9)16-14(17)12-10-6-7-11(20-10)13(12)15(16)18/h2-7,10-13H,1H3. The highest BCUT2D eigenvalue weighted by molar-refractivity contribution is 6.23. The van der Waals surface area contributed by atoms with Crippen molar-refractivity contribution in [3.63, 3.8) is 0 Å². The molecule has 0 N–H and O–H groups in total. The predicted molar refractivity (Wildman–Crippen MR) is 70.3 cm³/mol. The van der Waals surface area contributed by atoms with Gasteiger partial charge in [-0.15, -0.1) is 0 Å². The second-order valence-corrected chi connectivity index (χ2v) is 5.19. The van der Waals surface area contributed by atoms with E-state index in [4.69, 9.17) is 9.47 Å². The van der Waals surface area contributed by atoms with E-state index >= 15 is 0 Å². The quantitative estimate of drug-likeness (QED) is 0.598. The van der Waals surface area contributed by atoms with Gasteiger partial charge in [0.25, 0.3) is 0 Å². The molecule has 1 aromatic carbocycles. The Labute approximate surface area is 115 Å². The number of hydrogen-bond acceptors (Lipinski definition) is 4. The van der Waals surface area contributed by atoms with E-state index < -0.39 is 0 Å². The Bertz CT molecular complexity index is 609. The lowest BCUT2D eigenvalue weighted by Crippen LogP contribution is -2.34. The lowest BCUT2D eigenvalue weighted by Gasteiger charge is -2.19. The number of carbonyl (C=O) groups is 2. The van der Waals surface area contributed by atoms with Gasteiger partial charge < -0.3 is 9.47 Å². The maximum absolute atomic E-state index is 12.6. The van der Waals surface area contributed by atoms with Gasteiger partial charge >= 0.3 is 0 Å². The number of anilines is 1. The largest absolute Gasteiger partial charge is 0.495 e. The molecule has 3 aliphatic rings. The van der Waals surface area contributed by atoms with E-state index in [0.29, 0.717) is 11.4 Å². The molecule has 0 aliphatic carbocycles. The number of para-hydroxylation sites is 2. The molecule has 3 heterocycles. The predicted octanol–water partition coefficient (Wildman–Crippen LogP) is 1.14. The van der Waals surface area contributed by atoms with Gasteiger partial charge in [0.2, 0.25) is 11.8 Å². The number of hydrogen-bond donors (Lipinski definition) is 0. The van der Waals surface area contributed by atoms with Crippen molar-refractivity contribution in [2.24, 2.45) is 11.8 Å². The SMILES string of the molecule is COc1ccccc1N1C(=O)C2C3C=CC(O3)C2C1=O. The molecule has 20 heavy (non-hydrogen) atoms. The summed E-state index contributed by atoms with van der Waals surface area (Å²) in [5, 5.41) is 0. The van der Waals surface area contributed by atoms with Crippen molar-refractivity contribution >= 4 is 17.5 Å². The average molecular weight is 271 g/mol. The molecule has 2 amide bonds. The van der Waals surface area contributed by atoms with Crippen molar-refractivity contribution in [3.05, 3.63) is 36.4 Å². The van der Waals surface area contributed by atoms with Crippen molar-refractivity contribution in [1.29, 1.82) is 0 Å². The van der Waals surface area contributed by atoms with E-state index in [1.165, 1.54) is 12.0 Å². The molecule has 5 nitrogen and oxygen atoms in total. The van der Waals surface area contributed by atoms with E-state index in [-0.39, 0.29) is 35.9 Å². The molecule has 2 fully saturated rings. The van der Waals surface area contributed by atoms with E-state index in [1.807, 2.05) is 18.2 Å². The molecule has 0 radical (unpaired) electrons. The third-order valence-electron chi connectivity index (χ3n) is 4.24. The number of rotatable bonds is 2. The molecular weight excluding hydrogens is 258 g/mol. The lowest BCUT2D eigenvalue weighted by molar-refractivity contribution is -0.124. The van der Waals surface area contributed by atoms with Gasteiger partial charge in [0.15, 0.2) is 0 Å². The van der Waals surface area contributed by atoms with Crippen LogP contribution < -0.4 is 9.64 Å². The van der Waals surface area contributed by atoms with E-state index in [9.17, 15) is 9.59 Å². The van der Waals surface area contributed by atoms with Crippen molar-refractivity contribution in [2.45, 2.75) is 12.2 Å². The molecule has 0 saturated carbocycles. The van der Waals surface area contributed by atoms with Crippen LogP contribution in [0.5, 0.6) is 5.75 Å². The van der Waals surface area contributed by atoms with Gasteiger partial charge in [0.1, 0.15) is 5.75 Å². The fraction of sp³-hybridized carbons (Fsp3) is 0.333. The summed E-state index contributed by atoms with van der Waals surface area (Å²) in [5.41, 5.74) is 0.513. The molecule has 0 aromatic heterocycles. The summed E-state index contributed by atoms with van der Waals surface area (Å²) in [6.45, 7) is 0. The summed E-state index contributed by atoms with van der Waals surface area (Å²) in [7, 11) is 1.53. The zero-order valence-electron chi connectivity index (χ0n) is 10.9. The van der Waals surface area contributed by atoms with Gasteiger partial charge in [-0.3, -0.25) is 9.59 Å². The minimum Gasteiger partial charge on any atom is -0.495 e. The van der Waals surface area contributed by atoms with Gasteiger partial charge in [-0.05, 0) is 12.1 Å². The molecule has 2 bridgehead atoms. The smallest absolute Gasteiger partial charge is 0.240 e. The second-order valence-electron chi connectivity index (χ2n) is 5.19. The van der Waals surface area contributed by atoms with Crippen molar-refractivity contribution < 1.29 is 19.1 Å². The highest BCUT2D eigenvalue weighted by Gasteiger charge is 2.61. The molecule has 5 heteroatoms. The number of fused-ring (bicyclic) bond motifs is 5. The number of methoxy groups -OCH3 is 1. The van der Waals surface area contributed by atoms with Gasteiger partial charge in [0.05, 0.1) is 36.8 Å². The second kappa shape index (κ2) is 3.93. The van der Waals surface area contributed by atoms with Crippen LogP contribution in [0.3, 0.4) is 0 Å². The van der Waals surface area contributed by atoms with Crippen molar-refractivity contribution in [3.8, 4) is 5.75 Å².